The summed E-state index contributed by atoms with van der Waals surface area (Å²) in [5, 5.41) is 2.97. The van der Waals surface area contributed by atoms with Gasteiger partial charge in [-0.05, 0) is 43.0 Å². The Kier molecular flexibility index (Phi) is 5.90. The molecule has 1 saturated carbocycles. The zero-order chi connectivity index (χ0) is 19.2. The van der Waals surface area contributed by atoms with Crippen LogP contribution in [0.25, 0.3) is 0 Å². The zero-order valence-electron chi connectivity index (χ0n) is 16.0. The molecule has 2 aliphatic rings. The maximum atomic E-state index is 12.2. The molecule has 0 radical (unpaired) electrons. The van der Waals surface area contributed by atoms with Crippen molar-refractivity contribution in [1.82, 2.24) is 5.32 Å². The van der Waals surface area contributed by atoms with Gasteiger partial charge in [-0.25, -0.2) is 9.79 Å². The Labute approximate surface area is 165 Å². The van der Waals surface area contributed by atoms with E-state index in [-0.39, 0.29) is 18.2 Å². The minimum absolute atomic E-state index is 0.108. The van der Waals surface area contributed by atoms with E-state index in [1.54, 1.807) is 6.07 Å². The third-order valence-corrected chi connectivity index (χ3v) is 5.25. The second-order valence-corrected chi connectivity index (χ2v) is 7.49. The first-order chi connectivity index (χ1) is 13.8. The molecule has 2 aromatic rings. The van der Waals surface area contributed by atoms with Crippen LogP contribution in [0, 0.1) is 0 Å². The lowest BCUT2D eigenvalue weighted by Gasteiger charge is -2.22. The van der Waals surface area contributed by atoms with E-state index in [9.17, 15) is 4.79 Å². The van der Waals surface area contributed by atoms with Crippen molar-refractivity contribution in [3.05, 3.63) is 65.7 Å². The highest BCUT2D eigenvalue weighted by Gasteiger charge is 2.21. The van der Waals surface area contributed by atoms with E-state index in [0.717, 1.165) is 24.8 Å². The van der Waals surface area contributed by atoms with E-state index in [1.165, 1.54) is 24.8 Å². The van der Waals surface area contributed by atoms with E-state index in [1.807, 2.05) is 36.4 Å². The minimum Gasteiger partial charge on any atom is -0.475 e. The number of carbonyl (C=O) groups excluding carboxylic acids is 1. The third-order valence-electron chi connectivity index (χ3n) is 5.25. The van der Waals surface area contributed by atoms with E-state index >= 15 is 0 Å². The van der Waals surface area contributed by atoms with Gasteiger partial charge in [0.25, 0.3) is 0 Å². The first-order valence-corrected chi connectivity index (χ1v) is 10.1. The molecule has 0 unspecified atom stereocenters. The summed E-state index contributed by atoms with van der Waals surface area (Å²) in [6.07, 6.45) is 6.11. The molecule has 0 bridgehead atoms. The fourth-order valence-corrected chi connectivity index (χ4v) is 3.81. The lowest BCUT2D eigenvalue weighted by atomic mass is 9.96. The number of aliphatic imine (C=N–C) groups is 1. The van der Waals surface area contributed by atoms with Crippen LogP contribution in [0.2, 0.25) is 0 Å². The maximum absolute atomic E-state index is 12.2. The molecule has 1 N–H and O–H groups in total. The topological polar surface area (TPSA) is 59.9 Å². The number of amides is 1. The Bertz CT molecular complexity index is 829. The summed E-state index contributed by atoms with van der Waals surface area (Å²) in [4.78, 5) is 16.9. The number of nitrogens with one attached hydrogen (secondary N) is 1. The number of hydrogen-bond donors (Lipinski definition) is 1. The Morgan fingerprint density at radius 3 is 2.71 bits per heavy atom. The van der Waals surface area contributed by atoms with Gasteiger partial charge in [0.05, 0.1) is 6.04 Å². The van der Waals surface area contributed by atoms with Crippen molar-refractivity contribution in [3.8, 4) is 5.75 Å². The van der Waals surface area contributed by atoms with Gasteiger partial charge in [-0.1, -0.05) is 55.7 Å². The summed E-state index contributed by atoms with van der Waals surface area (Å²) in [7, 11) is 0. The van der Waals surface area contributed by atoms with Crippen molar-refractivity contribution in [2.75, 3.05) is 6.61 Å². The first-order valence-electron chi connectivity index (χ1n) is 10.1. The van der Waals surface area contributed by atoms with Crippen LogP contribution >= 0.6 is 0 Å². The van der Waals surface area contributed by atoms with Gasteiger partial charge in [0.15, 0.2) is 0 Å². The summed E-state index contributed by atoms with van der Waals surface area (Å²) < 4.78 is 11.3. The van der Waals surface area contributed by atoms with Gasteiger partial charge in [0.1, 0.15) is 12.4 Å². The number of benzene rings is 2. The minimum atomic E-state index is -0.389. The average molecular weight is 378 g/mol. The quantitative estimate of drug-likeness (QED) is 0.834. The molecule has 4 rings (SSSR count). The molecule has 2 aromatic carbocycles. The summed E-state index contributed by atoms with van der Waals surface area (Å²) in [5.41, 5.74) is 2.08. The van der Waals surface area contributed by atoms with Gasteiger partial charge >= 0.3 is 6.09 Å². The smallest absolute Gasteiger partial charge is 0.412 e. The van der Waals surface area contributed by atoms with Gasteiger partial charge in [-0.15, -0.1) is 0 Å². The van der Waals surface area contributed by atoms with Crippen molar-refractivity contribution in [2.24, 2.45) is 4.99 Å². The fraction of sp³-hybridized carbons (Fsp3) is 0.391. The molecular weight excluding hydrogens is 352 g/mol. The maximum Gasteiger partial charge on any atom is 0.412 e. The van der Waals surface area contributed by atoms with Crippen LogP contribution < -0.4 is 10.1 Å². The van der Waals surface area contributed by atoms with Crippen LogP contribution in [0.3, 0.4) is 0 Å². The Hall–Kier alpha value is -2.82. The molecule has 1 fully saturated rings. The normalized spacial score (nSPS) is 19.6. The molecule has 1 amide bonds. The molecule has 0 aromatic heterocycles. The third kappa shape index (κ3) is 4.91. The Morgan fingerprint density at radius 2 is 1.89 bits per heavy atom. The van der Waals surface area contributed by atoms with Gasteiger partial charge in [-0.3, -0.25) is 0 Å². The monoisotopic (exact) mass is 378 g/mol. The molecule has 0 spiro atoms. The number of rotatable bonds is 5. The summed E-state index contributed by atoms with van der Waals surface area (Å²) in [5.74, 6) is 1.11. The highest BCUT2D eigenvalue weighted by atomic mass is 16.6. The number of carbonyl (C=O) groups is 1. The zero-order valence-corrected chi connectivity index (χ0v) is 16.0. The van der Waals surface area contributed by atoms with Crippen LogP contribution in [0.15, 0.2) is 59.6 Å². The molecule has 1 heterocycles. The predicted molar refractivity (Wildman–Crippen MR) is 109 cm³/mol. The SMILES string of the molecule is O=C(NC1CCCCC1)Oc1cccc(C2=N[C@H](Cc3ccccc3)CO2)c1. The number of hydrogen-bond acceptors (Lipinski definition) is 4. The van der Waals surface area contributed by atoms with Gasteiger partial charge in [-0.2, -0.15) is 0 Å². The van der Waals surface area contributed by atoms with E-state index in [2.05, 4.69) is 17.4 Å². The number of nitrogens with zero attached hydrogens (tertiary/aromatic N) is 1. The molecule has 1 aliphatic heterocycles. The van der Waals surface area contributed by atoms with Crippen molar-refractivity contribution in [2.45, 2.75) is 50.6 Å². The van der Waals surface area contributed by atoms with Crippen molar-refractivity contribution < 1.29 is 14.3 Å². The van der Waals surface area contributed by atoms with Gasteiger partial charge in [0.2, 0.25) is 5.90 Å². The van der Waals surface area contributed by atoms with Crippen molar-refractivity contribution in [3.63, 3.8) is 0 Å². The van der Waals surface area contributed by atoms with Crippen molar-refractivity contribution in [1.29, 1.82) is 0 Å². The first kappa shape index (κ1) is 18.5. The summed E-state index contributed by atoms with van der Waals surface area (Å²) in [6.45, 7) is 0.567. The summed E-state index contributed by atoms with van der Waals surface area (Å²) in [6, 6.07) is 18.0. The molecule has 28 heavy (non-hydrogen) atoms. The molecule has 5 nitrogen and oxygen atoms in total. The lowest BCUT2D eigenvalue weighted by Crippen LogP contribution is -2.38. The average Bonchev–Trinajstić information content (AvgIpc) is 3.18. The lowest BCUT2D eigenvalue weighted by molar-refractivity contribution is 0.192. The molecule has 1 atom stereocenters. The van der Waals surface area contributed by atoms with E-state index in [4.69, 9.17) is 14.5 Å². The van der Waals surface area contributed by atoms with Gasteiger partial charge < -0.3 is 14.8 Å². The Morgan fingerprint density at radius 1 is 1.07 bits per heavy atom. The second kappa shape index (κ2) is 8.91. The molecule has 146 valence electrons. The van der Waals surface area contributed by atoms with E-state index < -0.39 is 0 Å². The van der Waals surface area contributed by atoms with Crippen LogP contribution in [-0.2, 0) is 11.2 Å². The van der Waals surface area contributed by atoms with Crippen LogP contribution in [0.4, 0.5) is 4.79 Å². The highest BCUT2D eigenvalue weighted by molar-refractivity contribution is 5.95. The van der Waals surface area contributed by atoms with Crippen LogP contribution in [0.5, 0.6) is 5.75 Å². The Balaban J connectivity index is 1.36. The molecule has 0 saturated heterocycles. The van der Waals surface area contributed by atoms with Crippen LogP contribution in [0.1, 0.15) is 43.2 Å². The fourth-order valence-electron chi connectivity index (χ4n) is 3.81. The molecule has 5 heteroatoms. The summed E-state index contributed by atoms with van der Waals surface area (Å²) >= 11 is 0. The van der Waals surface area contributed by atoms with Crippen LogP contribution in [-0.4, -0.2) is 30.7 Å². The molecular formula is C23H26N2O3. The van der Waals surface area contributed by atoms with Gasteiger partial charge in [0, 0.05) is 11.6 Å². The highest BCUT2D eigenvalue weighted by Crippen LogP contribution is 2.21. The largest absolute Gasteiger partial charge is 0.475 e. The standard InChI is InChI=1S/C23H26N2O3/c26-23(25-19-11-5-2-6-12-19)28-21-13-7-10-18(15-21)22-24-20(16-27-22)14-17-8-3-1-4-9-17/h1,3-4,7-10,13,15,19-20H,2,5-6,11-12,14,16H2,(H,25,26)/t20-/m1/s1. The predicted octanol–water partition coefficient (Wildman–Crippen LogP) is 4.50. The van der Waals surface area contributed by atoms with E-state index in [0.29, 0.717) is 18.3 Å². The molecule has 1 aliphatic carbocycles. The number of ether oxygens (including phenoxy) is 2. The van der Waals surface area contributed by atoms with Crippen molar-refractivity contribution >= 4 is 12.0 Å². The second-order valence-electron chi connectivity index (χ2n) is 7.49.